The highest BCUT2D eigenvalue weighted by Gasteiger charge is 2.27. The number of nitrogens with zero attached hydrogens (tertiary/aromatic N) is 1. The Morgan fingerprint density at radius 1 is 1.43 bits per heavy atom. The molecule has 1 rings (SSSR count). The van der Waals surface area contributed by atoms with E-state index < -0.39 is 25.3 Å². The lowest BCUT2D eigenvalue weighted by Gasteiger charge is -2.14. The van der Waals surface area contributed by atoms with E-state index in [0.29, 0.717) is 11.3 Å². The first kappa shape index (κ1) is 17.0. The van der Waals surface area contributed by atoms with Gasteiger partial charge in [0.15, 0.2) is 0 Å². The number of rotatable bonds is 5. The van der Waals surface area contributed by atoms with Crippen LogP contribution in [0.5, 0.6) is 0 Å². The minimum atomic E-state index is -4.46. The van der Waals surface area contributed by atoms with Crippen molar-refractivity contribution in [2.75, 3.05) is 18.5 Å². The number of benzene rings is 1. The van der Waals surface area contributed by atoms with Crippen LogP contribution >= 0.6 is 0 Å². The van der Waals surface area contributed by atoms with E-state index in [4.69, 9.17) is 5.26 Å². The van der Waals surface area contributed by atoms with Crippen molar-refractivity contribution in [2.45, 2.75) is 25.9 Å². The summed E-state index contributed by atoms with van der Waals surface area (Å²) in [6.45, 7) is 1.61. The second-order valence-corrected chi connectivity index (χ2v) is 4.72. The molecule has 21 heavy (non-hydrogen) atoms. The molecule has 0 heterocycles. The van der Waals surface area contributed by atoms with Crippen molar-refractivity contribution in [2.24, 2.45) is 0 Å². The third kappa shape index (κ3) is 5.83. The molecule has 0 unspecified atom stereocenters. The van der Waals surface area contributed by atoms with Crippen LogP contribution in [0.2, 0.25) is 0 Å². The zero-order valence-corrected chi connectivity index (χ0v) is 11.6. The van der Waals surface area contributed by atoms with E-state index in [9.17, 15) is 18.0 Å². The first-order chi connectivity index (χ1) is 9.73. The van der Waals surface area contributed by atoms with Gasteiger partial charge in [0, 0.05) is 5.69 Å². The summed E-state index contributed by atoms with van der Waals surface area (Å²) in [5.74, 6) is -0.629. The lowest BCUT2D eigenvalue weighted by atomic mass is 9.99. The van der Waals surface area contributed by atoms with Crippen molar-refractivity contribution >= 4 is 11.6 Å². The van der Waals surface area contributed by atoms with E-state index in [1.165, 1.54) is 6.07 Å². The van der Waals surface area contributed by atoms with Gasteiger partial charge in [0.05, 0.1) is 11.6 Å². The summed E-state index contributed by atoms with van der Waals surface area (Å²) in [5, 5.41) is 11.3. The number of hydrogen-bond acceptors (Lipinski definition) is 3. The predicted molar refractivity (Wildman–Crippen MR) is 70.7 cm³/mol. The van der Waals surface area contributed by atoms with Gasteiger partial charge >= 0.3 is 6.18 Å². The Balaban J connectivity index is 2.70. The van der Waals surface area contributed by atoms with Gasteiger partial charge in [-0.15, -0.1) is 0 Å². The molecular weight excluding hydrogens is 285 g/mol. The number of alkyl halides is 3. The SMILES string of the molecule is CC(C)c1cc(C#N)ccc1NC(=O)COCC(F)(F)F. The van der Waals surface area contributed by atoms with Crippen LogP contribution < -0.4 is 5.32 Å². The number of ether oxygens (including phenoxy) is 1. The second-order valence-electron chi connectivity index (χ2n) is 4.72. The summed E-state index contributed by atoms with van der Waals surface area (Å²) in [6, 6.07) is 6.70. The van der Waals surface area contributed by atoms with E-state index in [2.05, 4.69) is 10.1 Å². The third-order valence-electron chi connectivity index (χ3n) is 2.58. The molecule has 0 radical (unpaired) electrons. The van der Waals surface area contributed by atoms with Crippen LogP contribution in [-0.4, -0.2) is 25.3 Å². The van der Waals surface area contributed by atoms with E-state index in [-0.39, 0.29) is 5.92 Å². The molecule has 0 saturated heterocycles. The van der Waals surface area contributed by atoms with Crippen molar-refractivity contribution in [1.29, 1.82) is 5.26 Å². The highest BCUT2D eigenvalue weighted by Crippen LogP contribution is 2.25. The first-order valence-electron chi connectivity index (χ1n) is 6.21. The Hall–Kier alpha value is -2.07. The number of carbonyl (C=O) groups excluding carboxylic acids is 1. The summed E-state index contributed by atoms with van der Waals surface area (Å²) in [7, 11) is 0. The fourth-order valence-electron chi connectivity index (χ4n) is 1.67. The molecule has 0 atom stereocenters. The molecule has 0 spiro atoms. The van der Waals surface area contributed by atoms with Crippen molar-refractivity contribution in [1.82, 2.24) is 0 Å². The van der Waals surface area contributed by atoms with Crippen LogP contribution in [0.3, 0.4) is 0 Å². The molecule has 1 amide bonds. The number of halogens is 3. The van der Waals surface area contributed by atoms with Crippen molar-refractivity contribution in [3.8, 4) is 6.07 Å². The van der Waals surface area contributed by atoms with Crippen LogP contribution in [0.1, 0.15) is 30.9 Å². The highest BCUT2D eigenvalue weighted by molar-refractivity contribution is 5.92. The van der Waals surface area contributed by atoms with Gasteiger partial charge in [0.1, 0.15) is 13.2 Å². The van der Waals surface area contributed by atoms with Gasteiger partial charge in [0.2, 0.25) is 5.91 Å². The molecule has 1 aromatic rings. The van der Waals surface area contributed by atoms with Crippen LogP contribution in [0.25, 0.3) is 0 Å². The van der Waals surface area contributed by atoms with E-state index in [0.717, 1.165) is 5.56 Å². The Bertz CT molecular complexity index is 548. The van der Waals surface area contributed by atoms with Crippen LogP contribution in [-0.2, 0) is 9.53 Å². The van der Waals surface area contributed by atoms with E-state index in [1.807, 2.05) is 19.9 Å². The van der Waals surface area contributed by atoms with Gasteiger partial charge in [-0.2, -0.15) is 18.4 Å². The van der Waals surface area contributed by atoms with Crippen molar-refractivity contribution < 1.29 is 22.7 Å². The Labute approximate surface area is 120 Å². The fraction of sp³-hybridized carbons (Fsp3) is 0.429. The smallest absolute Gasteiger partial charge is 0.362 e. The minimum absolute atomic E-state index is 0.0460. The average molecular weight is 300 g/mol. The average Bonchev–Trinajstić information content (AvgIpc) is 2.37. The standard InChI is InChI=1S/C14H15F3N2O2/c1-9(2)11-5-10(6-18)3-4-12(11)19-13(20)7-21-8-14(15,16)17/h3-5,9H,7-8H2,1-2H3,(H,19,20). The Morgan fingerprint density at radius 3 is 2.62 bits per heavy atom. The third-order valence-corrected chi connectivity index (χ3v) is 2.58. The normalized spacial score (nSPS) is 11.3. The number of carbonyl (C=O) groups is 1. The highest BCUT2D eigenvalue weighted by atomic mass is 19.4. The zero-order chi connectivity index (χ0) is 16.0. The molecule has 1 N–H and O–H groups in total. The number of nitriles is 1. The molecule has 0 fully saturated rings. The Morgan fingerprint density at radius 2 is 2.10 bits per heavy atom. The molecule has 7 heteroatoms. The lowest BCUT2D eigenvalue weighted by molar-refractivity contribution is -0.174. The molecule has 1 aromatic carbocycles. The van der Waals surface area contributed by atoms with Crippen LogP contribution in [0.15, 0.2) is 18.2 Å². The van der Waals surface area contributed by atoms with E-state index in [1.54, 1.807) is 12.1 Å². The molecule has 0 aliphatic rings. The maximum atomic E-state index is 11.9. The van der Waals surface area contributed by atoms with Gasteiger partial charge in [0.25, 0.3) is 0 Å². The molecule has 4 nitrogen and oxygen atoms in total. The van der Waals surface area contributed by atoms with Gasteiger partial charge < -0.3 is 10.1 Å². The summed E-state index contributed by atoms with van der Waals surface area (Å²) < 4.78 is 40.0. The quantitative estimate of drug-likeness (QED) is 0.908. The van der Waals surface area contributed by atoms with Crippen molar-refractivity contribution in [3.63, 3.8) is 0 Å². The summed E-state index contributed by atoms with van der Waals surface area (Å²) in [4.78, 5) is 11.6. The first-order valence-corrected chi connectivity index (χ1v) is 6.21. The molecule has 0 aliphatic carbocycles. The number of amides is 1. The molecule has 0 aliphatic heterocycles. The van der Waals surface area contributed by atoms with Gasteiger partial charge in [-0.05, 0) is 29.7 Å². The van der Waals surface area contributed by atoms with Crippen LogP contribution in [0, 0.1) is 11.3 Å². The topological polar surface area (TPSA) is 62.1 Å². The summed E-state index contributed by atoms with van der Waals surface area (Å²) >= 11 is 0. The molecule has 0 bridgehead atoms. The maximum absolute atomic E-state index is 11.9. The maximum Gasteiger partial charge on any atom is 0.411 e. The monoisotopic (exact) mass is 300 g/mol. The largest absolute Gasteiger partial charge is 0.411 e. The zero-order valence-electron chi connectivity index (χ0n) is 11.6. The van der Waals surface area contributed by atoms with Crippen molar-refractivity contribution in [3.05, 3.63) is 29.3 Å². The molecule has 0 saturated carbocycles. The summed E-state index contributed by atoms with van der Waals surface area (Å²) in [5.41, 5.74) is 1.65. The molecule has 0 aromatic heterocycles. The van der Waals surface area contributed by atoms with Gasteiger partial charge in [-0.1, -0.05) is 13.8 Å². The number of anilines is 1. The van der Waals surface area contributed by atoms with Gasteiger partial charge in [-0.3, -0.25) is 4.79 Å². The second kappa shape index (κ2) is 7.09. The fourth-order valence-corrected chi connectivity index (χ4v) is 1.67. The van der Waals surface area contributed by atoms with Gasteiger partial charge in [-0.25, -0.2) is 0 Å². The summed E-state index contributed by atoms with van der Waals surface area (Å²) in [6.07, 6.45) is -4.46. The predicted octanol–water partition coefficient (Wildman–Crippen LogP) is 3.20. The van der Waals surface area contributed by atoms with E-state index >= 15 is 0 Å². The Kier molecular flexibility index (Phi) is 5.73. The molecular formula is C14H15F3N2O2. The number of nitrogens with one attached hydrogen (secondary N) is 1. The molecule has 114 valence electrons. The lowest BCUT2D eigenvalue weighted by Crippen LogP contribution is -2.24. The minimum Gasteiger partial charge on any atom is -0.362 e. The number of hydrogen-bond donors (Lipinski definition) is 1. The van der Waals surface area contributed by atoms with Crippen LogP contribution in [0.4, 0.5) is 18.9 Å².